The smallest absolute Gasteiger partial charge is 0.337 e. The minimum atomic E-state index is -1.57. The molecule has 0 radical (unpaired) electrons. The molecule has 0 aromatic heterocycles. The predicted molar refractivity (Wildman–Crippen MR) is 110 cm³/mol. The third-order valence-corrected chi connectivity index (χ3v) is 5.63. The van der Waals surface area contributed by atoms with E-state index >= 15 is 0 Å². The monoisotopic (exact) mass is 389 g/mol. The van der Waals surface area contributed by atoms with Crippen molar-refractivity contribution in [2.24, 2.45) is 0 Å². The summed E-state index contributed by atoms with van der Waals surface area (Å²) in [6, 6.07) is 21.9. The van der Waals surface area contributed by atoms with E-state index in [1.165, 1.54) is 4.90 Å². The Bertz CT molecular complexity index is 1090. The first-order valence-corrected chi connectivity index (χ1v) is 9.55. The highest BCUT2D eigenvalue weighted by molar-refractivity contribution is 6.09. The van der Waals surface area contributed by atoms with Gasteiger partial charge in [0.2, 0.25) is 0 Å². The topological polar surface area (TPSA) is 66.8 Å². The molecule has 1 N–H and O–H groups in total. The van der Waals surface area contributed by atoms with Gasteiger partial charge in [0.1, 0.15) is 6.10 Å². The van der Waals surface area contributed by atoms with Crippen LogP contribution in [0.5, 0.6) is 0 Å². The molecule has 2 atom stereocenters. The number of aliphatic hydroxyl groups excluding tert-OH is 1. The van der Waals surface area contributed by atoms with Crippen molar-refractivity contribution < 1.29 is 19.4 Å². The molecule has 1 saturated heterocycles. The molecule has 1 aliphatic heterocycles. The maximum Gasteiger partial charge on any atom is 0.337 e. The average molecular weight is 389 g/mol. The highest BCUT2D eigenvalue weighted by Gasteiger charge is 2.62. The van der Waals surface area contributed by atoms with Crippen LogP contribution < -0.4 is 0 Å². The molecule has 1 amide bonds. The molecule has 0 unspecified atom stereocenters. The summed E-state index contributed by atoms with van der Waals surface area (Å²) in [6.45, 7) is 4.89. The summed E-state index contributed by atoms with van der Waals surface area (Å²) in [5.41, 5.74) is -1.78. The van der Waals surface area contributed by atoms with Crippen LogP contribution in [0.3, 0.4) is 0 Å². The third kappa shape index (κ3) is 2.89. The van der Waals surface area contributed by atoms with E-state index in [2.05, 4.69) is 0 Å². The van der Waals surface area contributed by atoms with Crippen LogP contribution in [0.25, 0.3) is 10.8 Å². The molecule has 5 nitrogen and oxygen atoms in total. The van der Waals surface area contributed by atoms with Gasteiger partial charge in [-0.2, -0.15) is 0 Å². The number of carbonyl (C=O) groups excluding carboxylic acids is 2. The van der Waals surface area contributed by atoms with Gasteiger partial charge in [0, 0.05) is 5.56 Å². The van der Waals surface area contributed by atoms with Crippen LogP contribution in [0.2, 0.25) is 0 Å². The van der Waals surface area contributed by atoms with Crippen molar-refractivity contribution in [2.75, 3.05) is 0 Å². The number of amides is 1. The van der Waals surface area contributed by atoms with Crippen LogP contribution in [0.4, 0.5) is 0 Å². The quantitative estimate of drug-likeness (QED) is 0.686. The lowest BCUT2D eigenvalue weighted by atomic mass is 9.86. The fourth-order valence-corrected chi connectivity index (χ4v) is 4.21. The number of cyclic esters (lactones) is 1. The van der Waals surface area contributed by atoms with Crippen molar-refractivity contribution in [3.05, 3.63) is 83.9 Å². The Morgan fingerprint density at radius 2 is 1.55 bits per heavy atom. The number of ether oxygens (including phenoxy) is 1. The fraction of sp³-hybridized carbons (Fsp3) is 0.250. The summed E-state index contributed by atoms with van der Waals surface area (Å²) < 4.78 is 5.58. The van der Waals surface area contributed by atoms with E-state index in [-0.39, 0.29) is 5.91 Å². The lowest BCUT2D eigenvalue weighted by molar-refractivity contribution is -0.151. The van der Waals surface area contributed by atoms with Gasteiger partial charge in [0.05, 0.1) is 0 Å². The lowest BCUT2D eigenvalue weighted by Gasteiger charge is -2.40. The second kappa shape index (κ2) is 6.71. The van der Waals surface area contributed by atoms with Gasteiger partial charge in [-0.05, 0) is 43.2 Å². The van der Waals surface area contributed by atoms with Gasteiger partial charge in [-0.1, -0.05) is 66.7 Å². The number of benzene rings is 3. The van der Waals surface area contributed by atoms with Gasteiger partial charge in [-0.3, -0.25) is 9.69 Å². The lowest BCUT2D eigenvalue weighted by Crippen LogP contribution is -2.58. The minimum absolute atomic E-state index is 0.366. The molecule has 148 valence electrons. The maximum absolute atomic E-state index is 13.8. The van der Waals surface area contributed by atoms with Crippen molar-refractivity contribution in [1.82, 2.24) is 4.90 Å². The average Bonchev–Trinajstić information content (AvgIpc) is 2.91. The van der Waals surface area contributed by atoms with Crippen LogP contribution in [0.15, 0.2) is 72.8 Å². The number of esters is 1. The van der Waals surface area contributed by atoms with E-state index in [1.54, 1.807) is 51.1 Å². The number of carbonyl (C=O) groups is 2. The molecule has 1 fully saturated rings. The van der Waals surface area contributed by atoms with Gasteiger partial charge in [0.15, 0.2) is 11.3 Å². The Labute approximate surface area is 169 Å². The van der Waals surface area contributed by atoms with Crippen LogP contribution >= 0.6 is 0 Å². The molecule has 1 aliphatic rings. The van der Waals surface area contributed by atoms with Crippen LogP contribution in [0, 0.1) is 0 Å². The second-order valence-corrected chi connectivity index (χ2v) is 7.96. The normalized spacial score (nSPS) is 21.8. The summed E-state index contributed by atoms with van der Waals surface area (Å²) in [6.07, 6.45) is -1.24. The highest BCUT2D eigenvalue weighted by atomic mass is 16.6. The van der Waals surface area contributed by atoms with Gasteiger partial charge >= 0.3 is 5.97 Å². The van der Waals surface area contributed by atoms with Crippen molar-refractivity contribution in [3.63, 3.8) is 0 Å². The molecule has 0 spiro atoms. The fourth-order valence-electron chi connectivity index (χ4n) is 4.21. The molecule has 4 rings (SSSR count). The van der Waals surface area contributed by atoms with E-state index in [1.807, 2.05) is 42.5 Å². The Balaban J connectivity index is 1.86. The Morgan fingerprint density at radius 1 is 0.931 bits per heavy atom. The molecule has 3 aromatic carbocycles. The number of hydrogen-bond acceptors (Lipinski definition) is 4. The zero-order chi connectivity index (χ0) is 20.8. The predicted octanol–water partition coefficient (Wildman–Crippen LogP) is 4.07. The van der Waals surface area contributed by atoms with Crippen LogP contribution in [-0.4, -0.2) is 33.1 Å². The minimum Gasteiger partial charge on any atom is -0.438 e. The standard InChI is InChI=1S/C24H23NO4/c1-23(2)25(21(27)19-15-9-13-16-10-7-8-14-18(16)19)24(3,22(28)29-23)20(26)17-11-5-4-6-12-17/h4-15,20,26H,1-3H3/t20-,24-/m1/s1. The second-order valence-electron chi connectivity index (χ2n) is 7.96. The van der Waals surface area contributed by atoms with Crippen LogP contribution in [0.1, 0.15) is 42.8 Å². The van der Waals surface area contributed by atoms with E-state index in [4.69, 9.17) is 4.74 Å². The number of fused-ring (bicyclic) bond motifs is 1. The van der Waals surface area contributed by atoms with Gasteiger partial charge < -0.3 is 9.84 Å². The number of nitrogens with zero attached hydrogens (tertiary/aromatic N) is 1. The zero-order valence-electron chi connectivity index (χ0n) is 16.6. The molecule has 0 saturated carbocycles. The van der Waals surface area contributed by atoms with E-state index in [0.29, 0.717) is 11.1 Å². The summed E-state index contributed by atoms with van der Waals surface area (Å²) in [5.74, 6) is -0.998. The number of rotatable bonds is 3. The van der Waals surface area contributed by atoms with Gasteiger partial charge in [0.25, 0.3) is 5.91 Å². The SMILES string of the molecule is CC1(C)OC(=O)[C@@](C)([C@H](O)c2ccccc2)N1C(=O)c1cccc2ccccc12. The summed E-state index contributed by atoms with van der Waals surface area (Å²) in [5, 5.41) is 12.9. The Morgan fingerprint density at radius 3 is 2.28 bits per heavy atom. The highest BCUT2D eigenvalue weighted by Crippen LogP contribution is 2.44. The summed E-state index contributed by atoms with van der Waals surface area (Å²) in [7, 11) is 0. The van der Waals surface area contributed by atoms with Crippen molar-refractivity contribution in [2.45, 2.75) is 38.1 Å². The molecule has 3 aromatic rings. The largest absolute Gasteiger partial charge is 0.438 e. The molecule has 0 aliphatic carbocycles. The first kappa shape index (κ1) is 19.2. The molecular weight excluding hydrogens is 366 g/mol. The maximum atomic E-state index is 13.8. The van der Waals surface area contributed by atoms with E-state index < -0.39 is 23.3 Å². The van der Waals surface area contributed by atoms with Crippen molar-refractivity contribution in [3.8, 4) is 0 Å². The Hall–Kier alpha value is -3.18. The van der Waals surface area contributed by atoms with Crippen LogP contribution in [-0.2, 0) is 9.53 Å². The number of hydrogen-bond donors (Lipinski definition) is 1. The van der Waals surface area contributed by atoms with E-state index in [0.717, 1.165) is 10.8 Å². The summed E-state index contributed by atoms with van der Waals surface area (Å²) in [4.78, 5) is 28.1. The molecule has 29 heavy (non-hydrogen) atoms. The molecule has 1 heterocycles. The summed E-state index contributed by atoms with van der Waals surface area (Å²) >= 11 is 0. The first-order chi connectivity index (χ1) is 13.8. The van der Waals surface area contributed by atoms with Crippen molar-refractivity contribution in [1.29, 1.82) is 0 Å². The third-order valence-electron chi connectivity index (χ3n) is 5.63. The van der Waals surface area contributed by atoms with Gasteiger partial charge in [-0.15, -0.1) is 0 Å². The molecule has 0 bridgehead atoms. The van der Waals surface area contributed by atoms with Gasteiger partial charge in [-0.25, -0.2) is 4.79 Å². The Kier molecular flexibility index (Phi) is 4.43. The zero-order valence-corrected chi connectivity index (χ0v) is 16.6. The molecule has 5 heteroatoms. The van der Waals surface area contributed by atoms with E-state index in [9.17, 15) is 14.7 Å². The first-order valence-electron chi connectivity index (χ1n) is 9.55. The molecular formula is C24H23NO4. The van der Waals surface area contributed by atoms with Crippen molar-refractivity contribution >= 4 is 22.6 Å². The number of aliphatic hydroxyl groups is 1.